The number of hydrogen-bond acceptors (Lipinski definition) is 5. The summed E-state index contributed by atoms with van der Waals surface area (Å²) in [6, 6.07) is 31.0. The second-order valence-electron chi connectivity index (χ2n) is 7.07. The van der Waals surface area contributed by atoms with Crippen LogP contribution in [0.25, 0.3) is 11.1 Å². The molecular formula is C27H22N2O3. The van der Waals surface area contributed by atoms with Crippen molar-refractivity contribution in [2.75, 3.05) is 7.11 Å². The minimum atomic E-state index is 0.348. The minimum Gasteiger partial charge on any atom is -0.497 e. The van der Waals surface area contributed by atoms with Crippen molar-refractivity contribution >= 4 is 0 Å². The van der Waals surface area contributed by atoms with Gasteiger partial charge in [0.2, 0.25) is 11.8 Å². The Morgan fingerprint density at radius 2 is 1.38 bits per heavy atom. The van der Waals surface area contributed by atoms with E-state index in [0.29, 0.717) is 41.9 Å². The molecule has 0 aliphatic rings. The molecule has 0 unspecified atom stereocenters. The number of rotatable bonds is 8. The van der Waals surface area contributed by atoms with Crippen LogP contribution in [0.4, 0.5) is 0 Å². The highest BCUT2D eigenvalue weighted by Gasteiger charge is 2.15. The van der Waals surface area contributed by atoms with Gasteiger partial charge in [0, 0.05) is 17.2 Å². The maximum atomic E-state index is 9.67. The van der Waals surface area contributed by atoms with E-state index < -0.39 is 0 Å². The Kier molecular flexibility index (Phi) is 6.64. The molecule has 0 spiro atoms. The van der Waals surface area contributed by atoms with Crippen LogP contribution in [-0.4, -0.2) is 12.1 Å². The molecule has 32 heavy (non-hydrogen) atoms. The lowest BCUT2D eigenvalue weighted by Crippen LogP contribution is -2.03. The third-order valence-electron chi connectivity index (χ3n) is 4.92. The van der Waals surface area contributed by atoms with Crippen LogP contribution < -0.4 is 14.2 Å². The number of ether oxygens (including phenoxy) is 3. The zero-order valence-corrected chi connectivity index (χ0v) is 17.7. The molecule has 1 heterocycles. The number of benzene rings is 3. The van der Waals surface area contributed by atoms with Crippen molar-refractivity contribution in [3.05, 3.63) is 108 Å². The van der Waals surface area contributed by atoms with Gasteiger partial charge in [0.25, 0.3) is 0 Å². The first-order valence-electron chi connectivity index (χ1n) is 10.2. The lowest BCUT2D eigenvalue weighted by Gasteiger charge is -2.14. The monoisotopic (exact) mass is 422 g/mol. The lowest BCUT2D eigenvalue weighted by atomic mass is 10.0. The molecule has 0 radical (unpaired) electrons. The molecule has 0 aliphatic heterocycles. The van der Waals surface area contributed by atoms with Crippen LogP contribution >= 0.6 is 0 Å². The fourth-order valence-electron chi connectivity index (χ4n) is 3.25. The van der Waals surface area contributed by atoms with Gasteiger partial charge < -0.3 is 14.2 Å². The zero-order chi connectivity index (χ0) is 22.2. The predicted octanol–water partition coefficient (Wildman–Crippen LogP) is 5.79. The Balaban J connectivity index is 1.66. The van der Waals surface area contributed by atoms with Crippen LogP contribution in [0.3, 0.4) is 0 Å². The first kappa shape index (κ1) is 21.0. The third kappa shape index (κ3) is 5.05. The van der Waals surface area contributed by atoms with E-state index >= 15 is 0 Å². The van der Waals surface area contributed by atoms with E-state index in [2.05, 4.69) is 11.1 Å². The van der Waals surface area contributed by atoms with Gasteiger partial charge in [0.15, 0.2) is 0 Å². The second kappa shape index (κ2) is 10.1. The summed E-state index contributed by atoms with van der Waals surface area (Å²) in [7, 11) is 1.57. The quantitative estimate of drug-likeness (QED) is 0.360. The van der Waals surface area contributed by atoms with Crippen molar-refractivity contribution in [1.82, 2.24) is 4.98 Å². The topological polar surface area (TPSA) is 64.4 Å². The summed E-state index contributed by atoms with van der Waals surface area (Å²) in [6.07, 6.45) is 0. The van der Waals surface area contributed by atoms with E-state index in [1.165, 1.54) is 0 Å². The molecule has 5 nitrogen and oxygen atoms in total. The maximum Gasteiger partial charge on any atom is 0.225 e. The fraction of sp³-hybridized carbons (Fsp3) is 0.111. The molecule has 4 rings (SSSR count). The third-order valence-corrected chi connectivity index (χ3v) is 4.92. The highest BCUT2D eigenvalue weighted by Crippen LogP contribution is 2.35. The summed E-state index contributed by atoms with van der Waals surface area (Å²) in [5.41, 5.74) is 3.98. The summed E-state index contributed by atoms with van der Waals surface area (Å²) in [4.78, 5) is 4.61. The highest BCUT2D eigenvalue weighted by molar-refractivity contribution is 5.75. The summed E-state index contributed by atoms with van der Waals surface area (Å²) in [5, 5.41) is 9.67. The van der Waals surface area contributed by atoms with Gasteiger partial charge in [-0.3, -0.25) is 0 Å². The fourth-order valence-corrected chi connectivity index (χ4v) is 3.25. The van der Waals surface area contributed by atoms with E-state index in [-0.39, 0.29) is 0 Å². The van der Waals surface area contributed by atoms with E-state index in [0.717, 1.165) is 16.7 Å². The standard InChI is InChI=1S/C27H22N2O3/c1-30-23-12-13-24(22(16-23)17-28)25-14-15-26(31-18-20-8-4-2-5-9-20)29-27(25)32-19-21-10-6-3-7-11-21/h2-16H,18-19H2,1H3. The van der Waals surface area contributed by atoms with Crippen molar-refractivity contribution in [2.45, 2.75) is 13.2 Å². The number of nitrogens with zero attached hydrogens (tertiary/aromatic N) is 2. The average molecular weight is 422 g/mol. The molecule has 158 valence electrons. The summed E-state index contributed by atoms with van der Waals surface area (Å²) >= 11 is 0. The van der Waals surface area contributed by atoms with E-state index in [1.54, 1.807) is 19.2 Å². The van der Waals surface area contributed by atoms with Crippen LogP contribution in [0.5, 0.6) is 17.5 Å². The lowest BCUT2D eigenvalue weighted by molar-refractivity contribution is 0.268. The predicted molar refractivity (Wildman–Crippen MR) is 122 cm³/mol. The van der Waals surface area contributed by atoms with Crippen molar-refractivity contribution in [3.63, 3.8) is 0 Å². The summed E-state index contributed by atoms with van der Waals surface area (Å²) < 4.78 is 17.2. The Bertz CT molecular complexity index is 1220. The summed E-state index contributed by atoms with van der Waals surface area (Å²) in [5.74, 6) is 1.47. The van der Waals surface area contributed by atoms with Crippen molar-refractivity contribution in [1.29, 1.82) is 5.26 Å². The zero-order valence-electron chi connectivity index (χ0n) is 17.7. The van der Waals surface area contributed by atoms with Crippen LogP contribution in [0.2, 0.25) is 0 Å². The van der Waals surface area contributed by atoms with E-state index in [1.807, 2.05) is 78.9 Å². The number of pyridine rings is 1. The molecule has 1 aromatic heterocycles. The van der Waals surface area contributed by atoms with Gasteiger partial charge >= 0.3 is 0 Å². The highest BCUT2D eigenvalue weighted by atomic mass is 16.5. The van der Waals surface area contributed by atoms with Crippen LogP contribution in [-0.2, 0) is 13.2 Å². The molecule has 4 aromatic rings. The van der Waals surface area contributed by atoms with Gasteiger partial charge in [-0.1, -0.05) is 60.7 Å². The molecule has 0 bridgehead atoms. The van der Waals surface area contributed by atoms with Gasteiger partial charge in [-0.2, -0.15) is 10.2 Å². The molecule has 0 N–H and O–H groups in total. The van der Waals surface area contributed by atoms with Gasteiger partial charge in [-0.15, -0.1) is 0 Å². The number of hydrogen-bond donors (Lipinski definition) is 0. The van der Waals surface area contributed by atoms with Crippen LogP contribution in [0.1, 0.15) is 16.7 Å². The molecule has 0 aliphatic carbocycles. The van der Waals surface area contributed by atoms with Gasteiger partial charge in [0.05, 0.1) is 18.7 Å². The molecule has 5 heteroatoms. The smallest absolute Gasteiger partial charge is 0.225 e. The minimum absolute atomic E-state index is 0.348. The molecule has 0 amide bonds. The average Bonchev–Trinajstić information content (AvgIpc) is 2.87. The Morgan fingerprint density at radius 3 is 2.00 bits per heavy atom. The van der Waals surface area contributed by atoms with E-state index in [4.69, 9.17) is 14.2 Å². The molecule has 0 atom stereocenters. The first-order chi connectivity index (χ1) is 15.8. The van der Waals surface area contributed by atoms with E-state index in [9.17, 15) is 5.26 Å². The van der Waals surface area contributed by atoms with Gasteiger partial charge in [0.1, 0.15) is 19.0 Å². The second-order valence-corrected chi connectivity index (χ2v) is 7.07. The van der Waals surface area contributed by atoms with Crippen molar-refractivity contribution < 1.29 is 14.2 Å². The number of nitriles is 1. The normalized spacial score (nSPS) is 10.2. The summed E-state index contributed by atoms with van der Waals surface area (Å²) in [6.45, 7) is 0.748. The molecular weight excluding hydrogens is 400 g/mol. The molecule has 0 saturated heterocycles. The number of methoxy groups -OCH3 is 1. The molecule has 0 fully saturated rings. The van der Waals surface area contributed by atoms with Gasteiger partial charge in [-0.25, -0.2) is 0 Å². The number of aromatic nitrogens is 1. The van der Waals surface area contributed by atoms with Crippen molar-refractivity contribution in [3.8, 4) is 34.7 Å². The van der Waals surface area contributed by atoms with Crippen LogP contribution in [0, 0.1) is 11.3 Å². The SMILES string of the molecule is COc1ccc(-c2ccc(OCc3ccccc3)nc2OCc2ccccc2)c(C#N)c1. The molecule has 0 saturated carbocycles. The largest absolute Gasteiger partial charge is 0.497 e. The van der Waals surface area contributed by atoms with Crippen LogP contribution in [0.15, 0.2) is 91.0 Å². The first-order valence-corrected chi connectivity index (χ1v) is 10.2. The van der Waals surface area contributed by atoms with Gasteiger partial charge in [-0.05, 0) is 35.4 Å². The molecule has 3 aromatic carbocycles. The Labute approximate surface area is 187 Å². The Hall–Kier alpha value is -4.30. The van der Waals surface area contributed by atoms with Crippen molar-refractivity contribution in [2.24, 2.45) is 0 Å². The maximum absolute atomic E-state index is 9.67. The Morgan fingerprint density at radius 1 is 0.750 bits per heavy atom.